The summed E-state index contributed by atoms with van der Waals surface area (Å²) in [6.45, 7) is 0.846. The summed E-state index contributed by atoms with van der Waals surface area (Å²) >= 11 is 0. The number of unbranched alkanes of at least 4 members (excludes halogenated alkanes) is 3. The van der Waals surface area contributed by atoms with Gasteiger partial charge in [0.25, 0.3) is 0 Å². The van der Waals surface area contributed by atoms with Crippen LogP contribution in [0.25, 0.3) is 0 Å². The second kappa shape index (κ2) is 14.5. The lowest BCUT2D eigenvalue weighted by molar-refractivity contribution is -0.149. The minimum absolute atomic E-state index is 0.0350. The highest BCUT2D eigenvalue weighted by atomic mass is 16.5. The summed E-state index contributed by atoms with van der Waals surface area (Å²) in [5.74, 6) is -2.75. The Hall–Kier alpha value is -3.50. The molecule has 2 saturated heterocycles. The van der Waals surface area contributed by atoms with Crippen molar-refractivity contribution >= 4 is 23.7 Å². The summed E-state index contributed by atoms with van der Waals surface area (Å²) in [5.41, 5.74) is -0.445. The topological polar surface area (TPSA) is 125 Å². The fourth-order valence-corrected chi connectivity index (χ4v) is 8.13. The smallest absolute Gasteiger partial charge is 0.306 e. The number of carbonyl (C=O) groups excluding carboxylic acids is 4. The van der Waals surface area contributed by atoms with Crippen LogP contribution in [-0.2, 0) is 28.7 Å². The Bertz CT molecular complexity index is 1330. The zero-order valence-electron chi connectivity index (χ0n) is 26.6. The van der Waals surface area contributed by atoms with Crippen LogP contribution in [0.2, 0.25) is 0 Å². The van der Waals surface area contributed by atoms with Crippen molar-refractivity contribution in [3.63, 3.8) is 0 Å². The number of aliphatic hydroxyl groups excluding tert-OH is 1. The number of allylic oxidation sites excluding steroid dienone is 1. The molecule has 10 heteroatoms. The van der Waals surface area contributed by atoms with Crippen LogP contribution < -0.4 is 5.32 Å². The van der Waals surface area contributed by atoms with Crippen molar-refractivity contribution in [3.05, 3.63) is 60.2 Å². The maximum absolute atomic E-state index is 14.9. The monoisotopic (exact) mass is 633 g/mol. The molecule has 46 heavy (non-hydrogen) atoms. The maximum atomic E-state index is 14.9. The number of ether oxygens (including phenoxy) is 2. The van der Waals surface area contributed by atoms with E-state index in [4.69, 9.17) is 9.47 Å². The number of fused-ring (bicyclic) bond motifs is 2. The maximum Gasteiger partial charge on any atom is 0.306 e. The van der Waals surface area contributed by atoms with E-state index in [0.29, 0.717) is 32.4 Å². The lowest BCUT2D eigenvalue weighted by Gasteiger charge is -2.40. The number of hydrogen-bond donors (Lipinski definition) is 2. The van der Waals surface area contributed by atoms with E-state index in [0.717, 1.165) is 50.5 Å². The second-order valence-electron chi connectivity index (χ2n) is 13.3. The molecule has 6 rings (SSSR count). The molecule has 10 nitrogen and oxygen atoms in total. The Kier molecular flexibility index (Phi) is 10.2. The molecule has 1 aromatic rings. The number of esters is 1. The summed E-state index contributed by atoms with van der Waals surface area (Å²) < 4.78 is 12.3. The number of cyclic esters (lactones) is 1. The Labute approximate surface area is 271 Å². The van der Waals surface area contributed by atoms with Gasteiger partial charge >= 0.3 is 5.97 Å². The number of aliphatic hydroxyl groups is 1. The van der Waals surface area contributed by atoms with Gasteiger partial charge in [-0.2, -0.15) is 0 Å². The lowest BCUT2D eigenvalue weighted by atomic mass is 9.74. The minimum Gasteiger partial charge on any atom is -0.463 e. The molecule has 0 unspecified atom stereocenters. The number of carbonyl (C=O) groups is 4. The van der Waals surface area contributed by atoms with Crippen molar-refractivity contribution in [1.29, 1.82) is 0 Å². The number of nitrogens with zero attached hydrogens (tertiary/aromatic N) is 2. The highest BCUT2D eigenvalue weighted by Gasteiger charge is 2.73. The third kappa shape index (κ3) is 6.38. The Morgan fingerprint density at radius 3 is 2.50 bits per heavy atom. The summed E-state index contributed by atoms with van der Waals surface area (Å²) in [4.78, 5) is 59.8. The molecule has 0 radical (unpaired) electrons. The fraction of sp³-hybridized carbons (Fsp3) is 0.611. The average Bonchev–Trinajstić information content (AvgIpc) is 3.72. The van der Waals surface area contributed by atoms with Gasteiger partial charge in [0, 0.05) is 32.2 Å². The van der Waals surface area contributed by atoms with Gasteiger partial charge in [-0.05, 0) is 37.7 Å². The molecular formula is C36H47N3O7. The first kappa shape index (κ1) is 32.4. The van der Waals surface area contributed by atoms with E-state index in [9.17, 15) is 24.3 Å². The molecule has 1 aromatic carbocycles. The summed E-state index contributed by atoms with van der Waals surface area (Å²) in [6, 6.07) is 7.91. The first-order valence-corrected chi connectivity index (χ1v) is 17.2. The predicted octanol–water partition coefficient (Wildman–Crippen LogP) is 3.60. The van der Waals surface area contributed by atoms with Gasteiger partial charge in [0.15, 0.2) is 0 Å². The van der Waals surface area contributed by atoms with E-state index in [1.54, 1.807) is 4.90 Å². The molecule has 1 aliphatic carbocycles. The largest absolute Gasteiger partial charge is 0.463 e. The van der Waals surface area contributed by atoms with E-state index >= 15 is 0 Å². The molecule has 5 bridgehead atoms. The van der Waals surface area contributed by atoms with Crippen LogP contribution in [0.4, 0.5) is 0 Å². The van der Waals surface area contributed by atoms with Crippen LogP contribution in [0.15, 0.2) is 54.6 Å². The van der Waals surface area contributed by atoms with Crippen molar-refractivity contribution in [3.8, 4) is 0 Å². The number of benzene rings is 1. The van der Waals surface area contributed by atoms with Gasteiger partial charge in [0.2, 0.25) is 17.7 Å². The first-order chi connectivity index (χ1) is 22.4. The van der Waals surface area contributed by atoms with E-state index in [1.807, 2.05) is 59.5 Å². The third-order valence-electron chi connectivity index (χ3n) is 10.4. The fourth-order valence-electron chi connectivity index (χ4n) is 8.13. The number of hydrogen-bond acceptors (Lipinski definition) is 7. The van der Waals surface area contributed by atoms with Gasteiger partial charge < -0.3 is 29.7 Å². The van der Waals surface area contributed by atoms with Crippen LogP contribution in [-0.4, -0.2) is 88.7 Å². The average molecular weight is 634 g/mol. The van der Waals surface area contributed by atoms with Crippen LogP contribution in [0, 0.1) is 11.8 Å². The summed E-state index contributed by atoms with van der Waals surface area (Å²) in [7, 11) is 0. The molecule has 6 atom stereocenters. The van der Waals surface area contributed by atoms with Crippen molar-refractivity contribution in [2.75, 3.05) is 26.3 Å². The number of likely N-dealkylation sites (tertiary alicyclic amines) is 1. The Balaban J connectivity index is 1.36. The molecule has 2 N–H and O–H groups in total. The van der Waals surface area contributed by atoms with Gasteiger partial charge in [-0.1, -0.05) is 86.7 Å². The number of amides is 3. The van der Waals surface area contributed by atoms with Crippen molar-refractivity contribution in [1.82, 2.24) is 15.1 Å². The van der Waals surface area contributed by atoms with Gasteiger partial charge in [-0.3, -0.25) is 19.2 Å². The van der Waals surface area contributed by atoms with Gasteiger partial charge in [-0.25, -0.2) is 0 Å². The molecule has 1 spiro atoms. The van der Waals surface area contributed by atoms with Crippen molar-refractivity contribution in [2.24, 2.45) is 11.8 Å². The second-order valence-corrected chi connectivity index (χ2v) is 13.3. The molecule has 3 fully saturated rings. The zero-order valence-corrected chi connectivity index (χ0v) is 26.6. The van der Waals surface area contributed by atoms with Gasteiger partial charge in [0.05, 0.1) is 24.0 Å². The number of rotatable bonds is 8. The zero-order chi connectivity index (χ0) is 32.1. The highest BCUT2D eigenvalue weighted by Crippen LogP contribution is 2.55. The molecule has 4 heterocycles. The lowest BCUT2D eigenvalue weighted by Crippen LogP contribution is -2.58. The van der Waals surface area contributed by atoms with E-state index < -0.39 is 35.6 Å². The van der Waals surface area contributed by atoms with Crippen LogP contribution in [0.5, 0.6) is 0 Å². The van der Waals surface area contributed by atoms with Crippen molar-refractivity contribution in [2.45, 2.75) is 100 Å². The normalized spacial score (nSPS) is 32.8. The number of nitrogens with one attached hydrogen (secondary N) is 1. The van der Waals surface area contributed by atoms with E-state index in [1.165, 1.54) is 0 Å². The van der Waals surface area contributed by atoms with E-state index in [2.05, 4.69) is 5.32 Å². The van der Waals surface area contributed by atoms with Crippen LogP contribution in [0.1, 0.15) is 82.2 Å². The van der Waals surface area contributed by atoms with Crippen LogP contribution >= 0.6 is 0 Å². The predicted molar refractivity (Wildman–Crippen MR) is 170 cm³/mol. The Morgan fingerprint density at radius 2 is 1.72 bits per heavy atom. The Morgan fingerprint density at radius 1 is 0.935 bits per heavy atom. The van der Waals surface area contributed by atoms with Crippen LogP contribution in [0.3, 0.4) is 0 Å². The SMILES string of the molecule is O=C1CC/C=C\CN(C2CCCCC2)C(=O)[C@@H]2N(CCCCCCO)C(=O)[C@H]3[C@H](C(=O)N[C@H](c4ccccc4)CO1)[C@@H]1C=C[C@]23O1. The minimum atomic E-state index is -1.23. The first-order valence-electron chi connectivity index (χ1n) is 17.2. The molecule has 5 aliphatic rings. The summed E-state index contributed by atoms with van der Waals surface area (Å²) in [5, 5.41) is 12.3. The molecule has 3 amide bonds. The molecule has 4 aliphatic heterocycles. The quantitative estimate of drug-likeness (QED) is 0.255. The molecule has 248 valence electrons. The van der Waals surface area contributed by atoms with Gasteiger partial charge in [0.1, 0.15) is 18.2 Å². The molecule has 1 saturated carbocycles. The standard InChI is InChI=1S/C36H47N3O7/c40-23-13-2-1-11-22-39-32-35(44)38(26-16-8-4-9-17-26)21-12-5-10-18-29(41)45-24-27(25-14-6-3-7-15-25)37-33(42)30-28-19-20-36(32,46-28)31(30)34(39)43/h3,5-7,12,14-15,19-20,26-28,30-32,40H,1-2,4,8-11,13,16-18,21-24H2,(H,37,42)/b12-5-/t27-,28-,30+,31+,32-,36+/m0/s1. The third-order valence-corrected chi connectivity index (χ3v) is 10.4. The van der Waals surface area contributed by atoms with E-state index in [-0.39, 0.29) is 49.4 Å². The summed E-state index contributed by atoms with van der Waals surface area (Å²) in [6.07, 6.45) is 15.7. The van der Waals surface area contributed by atoms with Crippen molar-refractivity contribution < 1.29 is 33.8 Å². The highest BCUT2D eigenvalue weighted by molar-refractivity contribution is 6.00. The molecular weight excluding hydrogens is 586 g/mol. The molecule has 0 aromatic heterocycles. The van der Waals surface area contributed by atoms with Gasteiger partial charge in [-0.15, -0.1) is 0 Å².